The first-order chi connectivity index (χ1) is 9.04. The summed E-state index contributed by atoms with van der Waals surface area (Å²) in [5, 5.41) is 3.03. The fourth-order valence-corrected chi connectivity index (χ4v) is 2.36. The minimum absolute atomic E-state index is 0.114. The number of hydrogen-bond acceptors (Lipinski definition) is 2. The molecule has 0 aliphatic carbocycles. The molecule has 1 amide bonds. The Kier molecular flexibility index (Phi) is 6.57. The molecule has 106 valence electrons. The first kappa shape index (κ1) is 15.7. The quantitative estimate of drug-likeness (QED) is 0.739. The minimum Gasteiger partial charge on any atom is -0.330 e. The molecule has 0 aliphatic rings. The van der Waals surface area contributed by atoms with Gasteiger partial charge in [0.25, 0.3) is 0 Å². The number of benzene rings is 1. The third-order valence-electron chi connectivity index (χ3n) is 3.30. The van der Waals surface area contributed by atoms with Crippen LogP contribution in [0.2, 0.25) is 0 Å². The normalized spacial score (nSPS) is 10.5. The monoisotopic (exact) mass is 262 g/mol. The van der Waals surface area contributed by atoms with Gasteiger partial charge in [0.05, 0.1) is 0 Å². The summed E-state index contributed by atoms with van der Waals surface area (Å²) < 4.78 is 0. The van der Waals surface area contributed by atoms with Crippen LogP contribution in [0.4, 0.5) is 5.69 Å². The standard InChI is InChI=1S/C16H26N2O/c1-12-10-13(2)16(14(3)11-12)18-15(19)8-6-4-5-7-9-17/h10-11H,4-9,17H2,1-3H3,(H,18,19). The van der Waals surface area contributed by atoms with Gasteiger partial charge in [-0.05, 0) is 51.3 Å². The van der Waals surface area contributed by atoms with E-state index in [0.29, 0.717) is 6.42 Å². The van der Waals surface area contributed by atoms with E-state index in [1.165, 1.54) is 5.56 Å². The molecule has 0 saturated carbocycles. The zero-order chi connectivity index (χ0) is 14.3. The van der Waals surface area contributed by atoms with E-state index in [0.717, 1.165) is 49.0 Å². The Morgan fingerprint density at radius 1 is 1.05 bits per heavy atom. The van der Waals surface area contributed by atoms with Gasteiger partial charge in [0, 0.05) is 12.1 Å². The van der Waals surface area contributed by atoms with Crippen molar-refractivity contribution in [2.75, 3.05) is 11.9 Å². The zero-order valence-electron chi connectivity index (χ0n) is 12.4. The third kappa shape index (κ3) is 5.43. The molecule has 0 fully saturated rings. The molecule has 1 aromatic carbocycles. The lowest BCUT2D eigenvalue weighted by Crippen LogP contribution is -2.13. The van der Waals surface area contributed by atoms with Crippen LogP contribution in [-0.4, -0.2) is 12.5 Å². The summed E-state index contributed by atoms with van der Waals surface area (Å²) in [6, 6.07) is 4.20. The molecule has 1 aromatic rings. The first-order valence-electron chi connectivity index (χ1n) is 7.12. The van der Waals surface area contributed by atoms with Gasteiger partial charge in [0.15, 0.2) is 0 Å². The van der Waals surface area contributed by atoms with Crippen LogP contribution in [0.3, 0.4) is 0 Å². The van der Waals surface area contributed by atoms with Gasteiger partial charge in [-0.2, -0.15) is 0 Å². The van der Waals surface area contributed by atoms with E-state index in [2.05, 4.69) is 24.4 Å². The lowest BCUT2D eigenvalue weighted by atomic mass is 10.0. The van der Waals surface area contributed by atoms with Crippen LogP contribution in [0.15, 0.2) is 12.1 Å². The molecule has 0 atom stereocenters. The topological polar surface area (TPSA) is 55.1 Å². The molecule has 3 heteroatoms. The number of unbranched alkanes of at least 4 members (excludes halogenated alkanes) is 3. The van der Waals surface area contributed by atoms with E-state index in [4.69, 9.17) is 5.73 Å². The van der Waals surface area contributed by atoms with E-state index in [1.54, 1.807) is 0 Å². The Bertz CT molecular complexity index is 404. The number of amides is 1. The van der Waals surface area contributed by atoms with E-state index >= 15 is 0 Å². The number of rotatable bonds is 7. The zero-order valence-corrected chi connectivity index (χ0v) is 12.4. The maximum atomic E-state index is 11.9. The number of nitrogens with two attached hydrogens (primary N) is 1. The molecular weight excluding hydrogens is 236 g/mol. The van der Waals surface area contributed by atoms with Gasteiger partial charge in [0.1, 0.15) is 0 Å². The molecule has 3 N–H and O–H groups in total. The van der Waals surface area contributed by atoms with Gasteiger partial charge in [-0.1, -0.05) is 30.5 Å². The molecule has 3 nitrogen and oxygen atoms in total. The number of anilines is 1. The van der Waals surface area contributed by atoms with E-state index < -0.39 is 0 Å². The van der Waals surface area contributed by atoms with Crippen LogP contribution in [0.5, 0.6) is 0 Å². The molecule has 19 heavy (non-hydrogen) atoms. The van der Waals surface area contributed by atoms with Crippen molar-refractivity contribution in [3.8, 4) is 0 Å². The van der Waals surface area contributed by atoms with Crippen LogP contribution in [0.1, 0.15) is 48.8 Å². The fraction of sp³-hybridized carbons (Fsp3) is 0.562. The number of nitrogens with one attached hydrogen (secondary N) is 1. The van der Waals surface area contributed by atoms with Crippen molar-refractivity contribution in [3.05, 3.63) is 28.8 Å². The van der Waals surface area contributed by atoms with Crippen molar-refractivity contribution in [2.24, 2.45) is 5.73 Å². The van der Waals surface area contributed by atoms with Crippen molar-refractivity contribution in [1.29, 1.82) is 0 Å². The highest BCUT2D eigenvalue weighted by Crippen LogP contribution is 2.22. The second kappa shape index (κ2) is 7.95. The van der Waals surface area contributed by atoms with E-state index in [9.17, 15) is 4.79 Å². The Hall–Kier alpha value is -1.35. The molecule has 1 rings (SSSR count). The summed E-state index contributed by atoms with van der Waals surface area (Å²) in [5.74, 6) is 0.114. The summed E-state index contributed by atoms with van der Waals surface area (Å²) in [5.41, 5.74) is 9.91. The summed E-state index contributed by atoms with van der Waals surface area (Å²) in [6.45, 7) is 6.89. The molecule has 0 aliphatic heterocycles. The smallest absolute Gasteiger partial charge is 0.224 e. The minimum atomic E-state index is 0.114. The van der Waals surface area contributed by atoms with Crippen molar-refractivity contribution < 1.29 is 4.79 Å². The fourth-order valence-electron chi connectivity index (χ4n) is 2.36. The number of aryl methyl sites for hydroxylation is 3. The molecule has 0 spiro atoms. The molecule has 0 radical (unpaired) electrons. The maximum Gasteiger partial charge on any atom is 0.224 e. The highest BCUT2D eigenvalue weighted by atomic mass is 16.1. The van der Waals surface area contributed by atoms with Gasteiger partial charge >= 0.3 is 0 Å². The molecule has 0 heterocycles. The second-order valence-corrected chi connectivity index (χ2v) is 5.27. The average Bonchev–Trinajstić information content (AvgIpc) is 2.33. The molecule has 0 unspecified atom stereocenters. The SMILES string of the molecule is Cc1cc(C)c(NC(=O)CCCCCCN)c(C)c1. The Balaban J connectivity index is 2.44. The van der Waals surface area contributed by atoms with Crippen molar-refractivity contribution in [1.82, 2.24) is 0 Å². The summed E-state index contributed by atoms with van der Waals surface area (Å²) >= 11 is 0. The highest BCUT2D eigenvalue weighted by molar-refractivity contribution is 5.92. The Labute approximate surface area is 116 Å². The second-order valence-electron chi connectivity index (χ2n) is 5.27. The largest absolute Gasteiger partial charge is 0.330 e. The highest BCUT2D eigenvalue weighted by Gasteiger charge is 2.07. The molecule has 0 aromatic heterocycles. The lowest BCUT2D eigenvalue weighted by Gasteiger charge is -2.12. The van der Waals surface area contributed by atoms with Crippen molar-refractivity contribution in [3.63, 3.8) is 0 Å². The Morgan fingerprint density at radius 3 is 2.21 bits per heavy atom. The number of carbonyl (C=O) groups is 1. The third-order valence-corrected chi connectivity index (χ3v) is 3.30. The van der Waals surface area contributed by atoms with Crippen molar-refractivity contribution in [2.45, 2.75) is 52.9 Å². The number of carbonyl (C=O) groups excluding carboxylic acids is 1. The van der Waals surface area contributed by atoms with Crippen LogP contribution < -0.4 is 11.1 Å². The number of hydrogen-bond donors (Lipinski definition) is 2. The lowest BCUT2D eigenvalue weighted by molar-refractivity contribution is -0.116. The summed E-state index contributed by atoms with van der Waals surface area (Å²) in [7, 11) is 0. The molecular formula is C16H26N2O. The van der Waals surface area contributed by atoms with Crippen molar-refractivity contribution >= 4 is 11.6 Å². The van der Waals surface area contributed by atoms with E-state index in [-0.39, 0.29) is 5.91 Å². The Morgan fingerprint density at radius 2 is 1.63 bits per heavy atom. The van der Waals surface area contributed by atoms with Gasteiger partial charge in [-0.15, -0.1) is 0 Å². The van der Waals surface area contributed by atoms with Crippen LogP contribution in [-0.2, 0) is 4.79 Å². The molecule has 0 saturated heterocycles. The maximum absolute atomic E-state index is 11.9. The van der Waals surface area contributed by atoms with Crippen LogP contribution >= 0.6 is 0 Å². The average molecular weight is 262 g/mol. The summed E-state index contributed by atoms with van der Waals surface area (Å²) in [4.78, 5) is 11.9. The van der Waals surface area contributed by atoms with Crippen LogP contribution in [0.25, 0.3) is 0 Å². The predicted molar refractivity (Wildman–Crippen MR) is 81.4 cm³/mol. The predicted octanol–water partition coefficient (Wildman–Crippen LogP) is 3.46. The van der Waals surface area contributed by atoms with Gasteiger partial charge in [-0.3, -0.25) is 4.79 Å². The summed E-state index contributed by atoms with van der Waals surface area (Å²) in [6.07, 6.45) is 4.79. The van der Waals surface area contributed by atoms with E-state index in [1.807, 2.05) is 13.8 Å². The van der Waals surface area contributed by atoms with Gasteiger partial charge in [0.2, 0.25) is 5.91 Å². The van der Waals surface area contributed by atoms with Crippen LogP contribution in [0, 0.1) is 20.8 Å². The first-order valence-corrected chi connectivity index (χ1v) is 7.12. The van der Waals surface area contributed by atoms with Gasteiger partial charge < -0.3 is 11.1 Å². The van der Waals surface area contributed by atoms with Gasteiger partial charge in [-0.25, -0.2) is 0 Å². The molecule has 0 bridgehead atoms.